The highest BCUT2D eigenvalue weighted by Crippen LogP contribution is 2.74. The summed E-state index contributed by atoms with van der Waals surface area (Å²) in [6.07, 6.45) is 1.98. The van der Waals surface area contributed by atoms with Crippen molar-refractivity contribution in [2.45, 2.75) is 33.6 Å². The second-order valence-electron chi connectivity index (χ2n) is 7.84. The molecule has 4 unspecified atom stereocenters. The van der Waals surface area contributed by atoms with Crippen molar-refractivity contribution in [3.8, 4) is 0 Å². The van der Waals surface area contributed by atoms with Gasteiger partial charge in [-0.2, -0.15) is 0 Å². The summed E-state index contributed by atoms with van der Waals surface area (Å²) in [6.45, 7) is 6.45. The van der Waals surface area contributed by atoms with Gasteiger partial charge >= 0.3 is 0 Å². The second kappa shape index (κ2) is 5.33. The van der Waals surface area contributed by atoms with Gasteiger partial charge in [0.2, 0.25) is 11.8 Å². The average Bonchev–Trinajstić information content (AvgIpc) is 2.41. The summed E-state index contributed by atoms with van der Waals surface area (Å²) in [4.78, 5) is 24.8. The number of hydrogen-bond donors (Lipinski definition) is 2. The highest BCUT2D eigenvalue weighted by atomic mass is 79.9. The number of anilines is 1. The number of halogens is 1. The first-order chi connectivity index (χ1) is 10.7. The first-order valence-corrected chi connectivity index (χ1v) is 8.83. The van der Waals surface area contributed by atoms with Crippen molar-refractivity contribution >= 4 is 33.4 Å². The molecule has 2 saturated carbocycles. The molecule has 2 aliphatic carbocycles. The minimum atomic E-state index is -0.364. The molecule has 0 spiro atoms. The summed E-state index contributed by atoms with van der Waals surface area (Å²) in [7, 11) is 0. The largest absolute Gasteiger partial charge is 0.369 e. The number of benzene rings is 1. The summed E-state index contributed by atoms with van der Waals surface area (Å²) >= 11 is 3.38. The van der Waals surface area contributed by atoms with Crippen molar-refractivity contribution in [3.05, 3.63) is 28.7 Å². The number of hydrogen-bond acceptors (Lipinski definition) is 2. The molecule has 0 aliphatic heterocycles. The zero-order valence-electron chi connectivity index (χ0n) is 13.7. The molecule has 2 amide bonds. The summed E-state index contributed by atoms with van der Waals surface area (Å²) in [5.74, 6) is -0.830. The number of nitrogens with one attached hydrogen (secondary N) is 1. The van der Waals surface area contributed by atoms with E-state index < -0.39 is 0 Å². The number of primary amides is 1. The monoisotopic (exact) mass is 378 g/mol. The van der Waals surface area contributed by atoms with E-state index in [1.54, 1.807) is 0 Å². The van der Waals surface area contributed by atoms with Crippen LogP contribution in [0.1, 0.15) is 33.6 Å². The van der Waals surface area contributed by atoms with E-state index in [0.29, 0.717) is 0 Å². The number of amides is 2. The van der Waals surface area contributed by atoms with Gasteiger partial charge in [-0.15, -0.1) is 0 Å². The van der Waals surface area contributed by atoms with Gasteiger partial charge in [0.15, 0.2) is 0 Å². The summed E-state index contributed by atoms with van der Waals surface area (Å²) in [5.41, 5.74) is 6.29. The van der Waals surface area contributed by atoms with E-state index >= 15 is 0 Å². The van der Waals surface area contributed by atoms with Gasteiger partial charge in [0.1, 0.15) is 0 Å². The van der Waals surface area contributed by atoms with Gasteiger partial charge in [-0.3, -0.25) is 9.59 Å². The molecule has 1 aromatic carbocycles. The molecule has 2 aliphatic rings. The summed E-state index contributed by atoms with van der Waals surface area (Å²) < 4.78 is 0.958. The molecular formula is C18H23BrN2O2. The van der Waals surface area contributed by atoms with Crippen molar-refractivity contribution in [1.82, 2.24) is 0 Å². The highest BCUT2D eigenvalue weighted by molar-refractivity contribution is 9.10. The van der Waals surface area contributed by atoms with Crippen molar-refractivity contribution < 1.29 is 9.59 Å². The van der Waals surface area contributed by atoms with Crippen molar-refractivity contribution in [3.63, 3.8) is 0 Å². The Labute approximate surface area is 145 Å². The lowest BCUT2D eigenvalue weighted by atomic mass is 9.31. The molecule has 0 radical (unpaired) electrons. The molecule has 3 rings (SSSR count). The standard InChI is InChI=1S/C18H23BrN2O2/c1-17(2,3)18-9-8-12(18)13(14(18)15(20)22)16(23)21-11-6-4-10(19)5-7-11/h4-7,12-14H,8-9H2,1-3H3,(H2,20,22)(H,21,23). The fraction of sp³-hybridized carbons (Fsp3) is 0.556. The molecule has 0 heterocycles. The summed E-state index contributed by atoms with van der Waals surface area (Å²) in [6, 6.07) is 7.45. The van der Waals surface area contributed by atoms with E-state index in [1.165, 1.54) is 0 Å². The SMILES string of the molecule is CC(C)(C)C12CCC1C(C(=O)Nc1ccc(Br)cc1)C2C(N)=O. The third-order valence-corrected chi connectivity index (χ3v) is 6.52. The molecular weight excluding hydrogens is 356 g/mol. The van der Waals surface area contributed by atoms with Crippen LogP contribution < -0.4 is 11.1 Å². The van der Waals surface area contributed by atoms with Crippen LogP contribution in [0.4, 0.5) is 5.69 Å². The van der Waals surface area contributed by atoms with Crippen LogP contribution in [0.5, 0.6) is 0 Å². The first kappa shape index (κ1) is 16.5. The van der Waals surface area contributed by atoms with Crippen LogP contribution in [-0.2, 0) is 9.59 Å². The fourth-order valence-electron chi connectivity index (χ4n) is 4.86. The number of fused-ring (bicyclic) bond motifs is 1. The van der Waals surface area contributed by atoms with Gasteiger partial charge in [0, 0.05) is 10.2 Å². The Morgan fingerprint density at radius 2 is 1.87 bits per heavy atom. The average molecular weight is 379 g/mol. The lowest BCUT2D eigenvalue weighted by Gasteiger charge is -2.72. The molecule has 0 saturated heterocycles. The number of carbonyl (C=O) groups is 2. The minimum Gasteiger partial charge on any atom is -0.369 e. The van der Waals surface area contributed by atoms with E-state index in [1.807, 2.05) is 24.3 Å². The molecule has 4 nitrogen and oxygen atoms in total. The highest BCUT2D eigenvalue weighted by Gasteiger charge is 2.74. The lowest BCUT2D eigenvalue weighted by Crippen LogP contribution is -2.73. The molecule has 0 aromatic heterocycles. The molecule has 124 valence electrons. The molecule has 5 heteroatoms. The predicted molar refractivity (Wildman–Crippen MR) is 93.6 cm³/mol. The smallest absolute Gasteiger partial charge is 0.228 e. The maximum absolute atomic E-state index is 12.7. The number of rotatable bonds is 3. The Balaban J connectivity index is 1.81. The minimum absolute atomic E-state index is 0.0238. The molecule has 3 N–H and O–H groups in total. The Kier molecular flexibility index (Phi) is 3.82. The molecule has 23 heavy (non-hydrogen) atoms. The van der Waals surface area contributed by atoms with Gasteiger partial charge in [-0.25, -0.2) is 0 Å². The van der Waals surface area contributed by atoms with Crippen LogP contribution in [0.3, 0.4) is 0 Å². The van der Waals surface area contributed by atoms with Crippen LogP contribution in [-0.4, -0.2) is 11.8 Å². The van der Waals surface area contributed by atoms with Gasteiger partial charge in [0.25, 0.3) is 0 Å². The van der Waals surface area contributed by atoms with Gasteiger partial charge in [-0.05, 0) is 53.9 Å². The van der Waals surface area contributed by atoms with E-state index in [-0.39, 0.29) is 40.4 Å². The lowest BCUT2D eigenvalue weighted by molar-refractivity contribution is -0.243. The third-order valence-electron chi connectivity index (χ3n) is 6.00. The number of carbonyl (C=O) groups excluding carboxylic acids is 2. The molecule has 4 atom stereocenters. The molecule has 2 fully saturated rings. The zero-order chi connectivity index (χ0) is 17.0. The van der Waals surface area contributed by atoms with Crippen molar-refractivity contribution in [1.29, 1.82) is 0 Å². The van der Waals surface area contributed by atoms with Gasteiger partial charge in [-0.1, -0.05) is 36.7 Å². The molecule has 1 aromatic rings. The van der Waals surface area contributed by atoms with Crippen LogP contribution in [0, 0.1) is 28.6 Å². The van der Waals surface area contributed by atoms with E-state index in [0.717, 1.165) is 23.0 Å². The number of nitrogens with two attached hydrogens (primary N) is 1. The van der Waals surface area contributed by atoms with Crippen molar-refractivity contribution in [2.75, 3.05) is 5.32 Å². The topological polar surface area (TPSA) is 72.2 Å². The van der Waals surface area contributed by atoms with Crippen molar-refractivity contribution in [2.24, 2.45) is 34.3 Å². The van der Waals surface area contributed by atoms with Crippen LogP contribution >= 0.6 is 15.9 Å². The normalized spacial score (nSPS) is 32.3. The van der Waals surface area contributed by atoms with E-state index in [4.69, 9.17) is 5.73 Å². The zero-order valence-corrected chi connectivity index (χ0v) is 15.3. The first-order valence-electron chi connectivity index (χ1n) is 8.04. The third kappa shape index (κ3) is 2.32. The molecule has 0 bridgehead atoms. The second-order valence-corrected chi connectivity index (χ2v) is 8.75. The Bertz CT molecular complexity index is 650. The van der Waals surface area contributed by atoms with E-state index in [2.05, 4.69) is 42.0 Å². The maximum Gasteiger partial charge on any atom is 0.228 e. The Hall–Kier alpha value is -1.36. The Morgan fingerprint density at radius 3 is 2.30 bits per heavy atom. The van der Waals surface area contributed by atoms with E-state index in [9.17, 15) is 9.59 Å². The van der Waals surface area contributed by atoms with Crippen LogP contribution in [0.25, 0.3) is 0 Å². The van der Waals surface area contributed by atoms with Crippen LogP contribution in [0.15, 0.2) is 28.7 Å². The summed E-state index contributed by atoms with van der Waals surface area (Å²) in [5, 5.41) is 2.94. The quantitative estimate of drug-likeness (QED) is 0.843. The maximum atomic E-state index is 12.7. The van der Waals surface area contributed by atoms with Crippen LogP contribution in [0.2, 0.25) is 0 Å². The fourth-order valence-corrected chi connectivity index (χ4v) is 5.13. The Morgan fingerprint density at radius 1 is 1.26 bits per heavy atom. The predicted octanol–water partition coefficient (Wildman–Crippen LogP) is 3.56. The van der Waals surface area contributed by atoms with Gasteiger partial charge < -0.3 is 11.1 Å². The van der Waals surface area contributed by atoms with Gasteiger partial charge in [0.05, 0.1) is 11.8 Å².